The van der Waals surface area contributed by atoms with Crippen LogP contribution in [0.5, 0.6) is 0 Å². The molecule has 1 aromatic heterocycles. The lowest BCUT2D eigenvalue weighted by atomic mass is 10.2. The summed E-state index contributed by atoms with van der Waals surface area (Å²) >= 11 is 3.18. The molecule has 0 bridgehead atoms. The Hall–Kier alpha value is -2.26. The second-order valence-electron chi connectivity index (χ2n) is 8.25. The maximum atomic E-state index is 12.8. The van der Waals surface area contributed by atoms with Gasteiger partial charge >= 0.3 is 5.97 Å². The summed E-state index contributed by atoms with van der Waals surface area (Å²) in [5.74, 6) is -0.151. The van der Waals surface area contributed by atoms with E-state index in [9.17, 15) is 9.59 Å². The van der Waals surface area contributed by atoms with Gasteiger partial charge in [-0.3, -0.25) is 9.59 Å². The number of thioether (sulfide) groups is 1. The highest BCUT2D eigenvalue weighted by atomic mass is 32.2. The van der Waals surface area contributed by atoms with Gasteiger partial charge in [0.15, 0.2) is 5.13 Å². The van der Waals surface area contributed by atoms with Crippen LogP contribution >= 0.6 is 23.1 Å². The second kappa shape index (κ2) is 12.3. The molecule has 2 N–H and O–H groups in total. The molecule has 33 heavy (non-hydrogen) atoms. The number of benzene rings is 1. The minimum atomic E-state index is -0.327. The third-order valence-corrected chi connectivity index (χ3v) is 8.12. The van der Waals surface area contributed by atoms with Gasteiger partial charge in [-0.05, 0) is 56.4 Å². The molecule has 2 heterocycles. The van der Waals surface area contributed by atoms with Crippen LogP contribution in [0.4, 0.5) is 5.13 Å². The molecule has 2 aromatic rings. The first-order chi connectivity index (χ1) is 15.9. The highest BCUT2D eigenvalue weighted by molar-refractivity contribution is 8.03. The number of methoxy groups -OCH3 is 1. The van der Waals surface area contributed by atoms with E-state index in [1.807, 2.05) is 4.90 Å². The fourth-order valence-electron chi connectivity index (χ4n) is 3.60. The van der Waals surface area contributed by atoms with Gasteiger partial charge in [-0.1, -0.05) is 42.9 Å². The van der Waals surface area contributed by atoms with Crippen molar-refractivity contribution in [1.29, 1.82) is 0 Å². The lowest BCUT2D eigenvalue weighted by Crippen LogP contribution is -2.38. The maximum absolute atomic E-state index is 12.8. The Bertz CT molecular complexity index is 1010. The Morgan fingerprint density at radius 3 is 2.58 bits per heavy atom. The van der Waals surface area contributed by atoms with E-state index in [2.05, 4.69) is 53.3 Å². The predicted molar refractivity (Wildman–Crippen MR) is 137 cm³/mol. The Labute approximate surface area is 204 Å². The van der Waals surface area contributed by atoms with Crippen LogP contribution in [0.3, 0.4) is 0 Å². The van der Waals surface area contributed by atoms with Crippen LogP contribution < -0.4 is 10.6 Å². The van der Waals surface area contributed by atoms with Gasteiger partial charge in [0.1, 0.15) is 6.54 Å². The lowest BCUT2D eigenvalue weighted by molar-refractivity contribution is -0.138. The summed E-state index contributed by atoms with van der Waals surface area (Å²) < 4.78 is 5.72. The molecule has 1 saturated heterocycles. The van der Waals surface area contributed by atoms with Crippen molar-refractivity contribution >= 4 is 50.3 Å². The number of aromatic nitrogens is 1. The quantitative estimate of drug-likeness (QED) is 0.381. The molecule has 1 aliphatic heterocycles. The smallest absolute Gasteiger partial charge is 0.325 e. The standard InChI is InChI=1S/C24H34N4O3S2/c1-5-16(2)23(25-14-21(29)28-10-8-6-7-9-11-28)32-19-13-20-18(12-17(19)3)27-24(33-20)26-15-22(30)31-4/h12-13,25H,5-11,14-15H2,1-4H3,(H,26,27). The number of carbonyl (C=O) groups is 2. The molecule has 1 fully saturated rings. The van der Waals surface area contributed by atoms with E-state index in [1.165, 1.54) is 36.9 Å². The highest BCUT2D eigenvalue weighted by Crippen LogP contribution is 2.36. The van der Waals surface area contributed by atoms with Gasteiger partial charge in [0.05, 0.1) is 28.9 Å². The number of fused-ring (bicyclic) bond motifs is 1. The van der Waals surface area contributed by atoms with Crippen molar-refractivity contribution in [1.82, 2.24) is 15.2 Å². The van der Waals surface area contributed by atoms with E-state index in [4.69, 9.17) is 0 Å². The van der Waals surface area contributed by atoms with E-state index in [0.29, 0.717) is 11.7 Å². The molecule has 0 unspecified atom stereocenters. The predicted octanol–water partition coefficient (Wildman–Crippen LogP) is 4.92. The van der Waals surface area contributed by atoms with E-state index in [0.717, 1.165) is 58.1 Å². The first kappa shape index (κ1) is 25.4. The maximum Gasteiger partial charge on any atom is 0.325 e. The summed E-state index contributed by atoms with van der Waals surface area (Å²) in [5.41, 5.74) is 3.25. The molecule has 0 radical (unpaired) electrons. The summed E-state index contributed by atoms with van der Waals surface area (Å²) in [6, 6.07) is 4.20. The zero-order valence-electron chi connectivity index (χ0n) is 20.0. The van der Waals surface area contributed by atoms with E-state index >= 15 is 0 Å². The highest BCUT2D eigenvalue weighted by Gasteiger charge is 2.17. The number of likely N-dealkylation sites (tertiary alicyclic amines) is 1. The molecule has 7 nitrogen and oxygen atoms in total. The Morgan fingerprint density at radius 2 is 1.91 bits per heavy atom. The summed E-state index contributed by atoms with van der Waals surface area (Å²) in [6.45, 7) is 8.47. The van der Waals surface area contributed by atoms with Crippen LogP contribution in [0.2, 0.25) is 0 Å². The summed E-state index contributed by atoms with van der Waals surface area (Å²) in [4.78, 5) is 31.9. The van der Waals surface area contributed by atoms with E-state index in [-0.39, 0.29) is 18.4 Å². The van der Waals surface area contributed by atoms with Gasteiger partial charge in [-0.25, -0.2) is 4.98 Å². The minimum absolute atomic E-state index is 0.0917. The van der Waals surface area contributed by atoms with Crippen molar-refractivity contribution in [3.05, 3.63) is 28.3 Å². The van der Waals surface area contributed by atoms with Gasteiger partial charge in [0.25, 0.3) is 0 Å². The van der Waals surface area contributed by atoms with E-state index < -0.39 is 0 Å². The van der Waals surface area contributed by atoms with Gasteiger partial charge < -0.3 is 20.3 Å². The van der Waals surface area contributed by atoms with E-state index in [1.54, 1.807) is 11.8 Å². The normalized spacial score (nSPS) is 15.1. The van der Waals surface area contributed by atoms with Crippen molar-refractivity contribution < 1.29 is 14.3 Å². The number of aryl methyl sites for hydroxylation is 1. The fraction of sp³-hybridized carbons (Fsp3) is 0.542. The zero-order valence-corrected chi connectivity index (χ0v) is 21.6. The number of nitrogens with one attached hydrogen (secondary N) is 2. The number of carbonyl (C=O) groups excluding carboxylic acids is 2. The molecular formula is C24H34N4O3S2. The van der Waals surface area contributed by atoms with Crippen molar-refractivity contribution in [3.8, 4) is 0 Å². The third-order valence-electron chi connectivity index (χ3n) is 5.79. The lowest BCUT2D eigenvalue weighted by Gasteiger charge is -2.22. The fourth-order valence-corrected chi connectivity index (χ4v) is 5.63. The van der Waals surface area contributed by atoms with Crippen LogP contribution in [-0.4, -0.2) is 55.0 Å². The Kier molecular flexibility index (Phi) is 9.43. The van der Waals surface area contributed by atoms with Crippen molar-refractivity contribution in [3.63, 3.8) is 0 Å². The zero-order chi connectivity index (χ0) is 23.8. The molecule has 180 valence electrons. The number of thiazole rings is 1. The number of hydrogen-bond acceptors (Lipinski definition) is 8. The number of allylic oxidation sites excluding steroid dienone is 1. The first-order valence-electron chi connectivity index (χ1n) is 11.5. The average molecular weight is 491 g/mol. The molecule has 1 aliphatic rings. The molecule has 0 atom stereocenters. The van der Waals surface area contributed by atoms with Crippen molar-refractivity contribution in [2.45, 2.75) is 57.8 Å². The number of rotatable bonds is 9. The third kappa shape index (κ3) is 7.11. The van der Waals surface area contributed by atoms with Crippen LogP contribution in [0, 0.1) is 6.92 Å². The molecule has 0 aliphatic carbocycles. The number of esters is 1. The van der Waals surface area contributed by atoms with Gasteiger partial charge in [-0.15, -0.1) is 0 Å². The molecule has 9 heteroatoms. The Morgan fingerprint density at radius 1 is 1.18 bits per heavy atom. The SMILES string of the molecule is CCC(C)=C(NCC(=O)N1CCCCCC1)Sc1cc2sc(NCC(=O)OC)nc2cc1C. The van der Waals surface area contributed by atoms with Crippen LogP contribution in [0.1, 0.15) is 51.5 Å². The van der Waals surface area contributed by atoms with Crippen LogP contribution in [-0.2, 0) is 14.3 Å². The van der Waals surface area contributed by atoms with Gasteiger partial charge in [0.2, 0.25) is 5.91 Å². The molecule has 1 amide bonds. The number of anilines is 1. The minimum Gasteiger partial charge on any atom is -0.468 e. The molecule has 1 aromatic carbocycles. The molecule has 3 rings (SSSR count). The monoisotopic (exact) mass is 490 g/mol. The van der Waals surface area contributed by atoms with Crippen molar-refractivity contribution in [2.24, 2.45) is 0 Å². The summed E-state index contributed by atoms with van der Waals surface area (Å²) in [6.07, 6.45) is 5.54. The number of nitrogens with zero attached hydrogens (tertiary/aromatic N) is 2. The number of hydrogen-bond donors (Lipinski definition) is 2. The number of ether oxygens (including phenoxy) is 1. The second-order valence-corrected chi connectivity index (χ2v) is 10.3. The average Bonchev–Trinajstić information content (AvgIpc) is 3.01. The van der Waals surface area contributed by atoms with Crippen LogP contribution in [0.25, 0.3) is 10.2 Å². The van der Waals surface area contributed by atoms with Gasteiger partial charge in [-0.2, -0.15) is 0 Å². The van der Waals surface area contributed by atoms with Crippen molar-refractivity contribution in [2.75, 3.05) is 38.6 Å². The Balaban J connectivity index is 1.71. The summed E-state index contributed by atoms with van der Waals surface area (Å²) in [5, 5.41) is 8.19. The topological polar surface area (TPSA) is 83.6 Å². The summed E-state index contributed by atoms with van der Waals surface area (Å²) in [7, 11) is 1.37. The molecule has 0 saturated carbocycles. The largest absolute Gasteiger partial charge is 0.468 e. The number of amides is 1. The molecule has 0 spiro atoms. The first-order valence-corrected chi connectivity index (χ1v) is 13.2. The van der Waals surface area contributed by atoms with Crippen LogP contribution in [0.15, 0.2) is 27.6 Å². The molecular weight excluding hydrogens is 456 g/mol. The van der Waals surface area contributed by atoms with Gasteiger partial charge in [0, 0.05) is 18.0 Å².